The van der Waals surface area contributed by atoms with Gasteiger partial charge in [0.15, 0.2) is 0 Å². The van der Waals surface area contributed by atoms with Gasteiger partial charge in [0.25, 0.3) is 0 Å². The molecule has 0 aromatic heterocycles. The first-order valence-electron chi connectivity index (χ1n) is 8.78. The van der Waals surface area contributed by atoms with Gasteiger partial charge in [0.2, 0.25) is 0 Å². The maximum Gasteiger partial charge on any atom is 0.343 e. The number of nitrogens with zero attached hydrogens (tertiary/aromatic N) is 2. The van der Waals surface area contributed by atoms with Gasteiger partial charge < -0.3 is 14.4 Å². The van der Waals surface area contributed by atoms with Crippen molar-refractivity contribution < 1.29 is 19.1 Å². The van der Waals surface area contributed by atoms with E-state index in [0.717, 1.165) is 5.69 Å². The van der Waals surface area contributed by atoms with Crippen molar-refractivity contribution in [2.45, 2.75) is 0 Å². The molecule has 0 N–H and O–H groups in total. The molecule has 0 aliphatic heterocycles. The Morgan fingerprint density at radius 2 is 1.14 bits per heavy atom. The highest BCUT2D eigenvalue weighted by Gasteiger charge is 2.12. The molecule has 6 heteroatoms. The van der Waals surface area contributed by atoms with Crippen LogP contribution in [-0.4, -0.2) is 26.0 Å². The fourth-order valence-electron chi connectivity index (χ4n) is 2.48. The zero-order valence-electron chi connectivity index (χ0n) is 16.0. The molecule has 0 aliphatic rings. The lowest BCUT2D eigenvalue weighted by Gasteiger charge is -2.12. The van der Waals surface area contributed by atoms with Crippen molar-refractivity contribution in [1.82, 2.24) is 0 Å². The molecule has 0 spiro atoms. The SMILES string of the molecule is CN(C)c1ccc(C(=O)Oc2ccc(C(=O)Oc3ccc(C#N)cc3)cc2)cc1. The molecule has 0 atom stereocenters. The summed E-state index contributed by atoms with van der Waals surface area (Å²) >= 11 is 0. The summed E-state index contributed by atoms with van der Waals surface area (Å²) in [4.78, 5) is 26.4. The van der Waals surface area contributed by atoms with Gasteiger partial charge in [0, 0.05) is 19.8 Å². The molecule has 0 saturated heterocycles. The van der Waals surface area contributed by atoms with Crippen LogP contribution >= 0.6 is 0 Å². The third kappa shape index (κ3) is 4.99. The van der Waals surface area contributed by atoms with Crippen molar-refractivity contribution in [3.63, 3.8) is 0 Å². The maximum atomic E-state index is 12.3. The first-order valence-corrected chi connectivity index (χ1v) is 8.78. The Morgan fingerprint density at radius 3 is 1.55 bits per heavy atom. The highest BCUT2D eigenvalue weighted by atomic mass is 16.5. The lowest BCUT2D eigenvalue weighted by molar-refractivity contribution is 0.0730. The summed E-state index contributed by atoms with van der Waals surface area (Å²) < 4.78 is 10.6. The fourth-order valence-corrected chi connectivity index (χ4v) is 2.48. The molecule has 0 amide bonds. The van der Waals surface area contributed by atoms with Gasteiger partial charge in [-0.05, 0) is 72.8 Å². The fraction of sp³-hybridized carbons (Fsp3) is 0.0870. The largest absolute Gasteiger partial charge is 0.423 e. The Bertz CT molecular complexity index is 1050. The Balaban J connectivity index is 1.62. The predicted molar refractivity (Wildman–Crippen MR) is 108 cm³/mol. The van der Waals surface area contributed by atoms with Gasteiger partial charge in [-0.3, -0.25) is 0 Å². The zero-order valence-corrected chi connectivity index (χ0v) is 16.0. The third-order valence-corrected chi connectivity index (χ3v) is 4.11. The highest BCUT2D eigenvalue weighted by Crippen LogP contribution is 2.18. The van der Waals surface area contributed by atoms with Crippen molar-refractivity contribution in [2.24, 2.45) is 0 Å². The molecule has 144 valence electrons. The van der Waals surface area contributed by atoms with Gasteiger partial charge in [0.1, 0.15) is 11.5 Å². The lowest BCUT2D eigenvalue weighted by Crippen LogP contribution is -2.11. The van der Waals surface area contributed by atoms with E-state index in [0.29, 0.717) is 28.2 Å². The average molecular weight is 386 g/mol. The Kier molecular flexibility index (Phi) is 5.91. The van der Waals surface area contributed by atoms with Crippen LogP contribution in [0.25, 0.3) is 0 Å². The van der Waals surface area contributed by atoms with Crippen LogP contribution in [0.3, 0.4) is 0 Å². The molecule has 0 radical (unpaired) electrons. The van der Waals surface area contributed by atoms with Crippen molar-refractivity contribution >= 4 is 17.6 Å². The van der Waals surface area contributed by atoms with Gasteiger partial charge in [-0.25, -0.2) is 9.59 Å². The van der Waals surface area contributed by atoms with Gasteiger partial charge >= 0.3 is 11.9 Å². The minimum atomic E-state index is -0.549. The van der Waals surface area contributed by atoms with Crippen molar-refractivity contribution in [2.75, 3.05) is 19.0 Å². The van der Waals surface area contributed by atoms with E-state index in [1.54, 1.807) is 36.4 Å². The lowest BCUT2D eigenvalue weighted by atomic mass is 10.2. The van der Waals surface area contributed by atoms with Gasteiger partial charge in [-0.15, -0.1) is 0 Å². The van der Waals surface area contributed by atoms with Crippen LogP contribution in [0.15, 0.2) is 72.8 Å². The molecule has 3 aromatic carbocycles. The molecular formula is C23H18N2O4. The summed E-state index contributed by atoms with van der Waals surface area (Å²) in [6.07, 6.45) is 0. The number of hydrogen-bond donors (Lipinski definition) is 0. The monoisotopic (exact) mass is 386 g/mol. The van der Waals surface area contributed by atoms with Crippen LogP contribution in [-0.2, 0) is 0 Å². The number of carbonyl (C=O) groups is 2. The van der Waals surface area contributed by atoms with E-state index >= 15 is 0 Å². The summed E-state index contributed by atoms with van der Waals surface area (Å²) in [5, 5.41) is 8.79. The van der Waals surface area contributed by atoms with Crippen LogP contribution in [0.4, 0.5) is 5.69 Å². The van der Waals surface area contributed by atoms with Crippen LogP contribution in [0.2, 0.25) is 0 Å². The summed E-state index contributed by atoms with van der Waals surface area (Å²) in [5.74, 6) is -0.373. The van der Waals surface area contributed by atoms with E-state index in [9.17, 15) is 9.59 Å². The van der Waals surface area contributed by atoms with Crippen LogP contribution in [0.1, 0.15) is 26.3 Å². The summed E-state index contributed by atoms with van der Waals surface area (Å²) in [6.45, 7) is 0. The first-order chi connectivity index (χ1) is 14.0. The van der Waals surface area contributed by atoms with Crippen molar-refractivity contribution in [1.29, 1.82) is 5.26 Å². The minimum Gasteiger partial charge on any atom is -0.423 e. The van der Waals surface area contributed by atoms with E-state index in [1.807, 2.05) is 37.2 Å². The molecular weight excluding hydrogens is 368 g/mol. The second-order valence-corrected chi connectivity index (χ2v) is 6.38. The van der Waals surface area contributed by atoms with Gasteiger partial charge in [-0.2, -0.15) is 5.26 Å². The first kappa shape index (κ1) is 19.6. The van der Waals surface area contributed by atoms with Gasteiger partial charge in [0.05, 0.1) is 22.8 Å². The second kappa shape index (κ2) is 8.72. The van der Waals surface area contributed by atoms with Crippen molar-refractivity contribution in [3.8, 4) is 17.6 Å². The maximum absolute atomic E-state index is 12.3. The molecule has 3 rings (SSSR count). The molecule has 0 aliphatic carbocycles. The number of benzene rings is 3. The quantitative estimate of drug-likeness (QED) is 0.486. The third-order valence-electron chi connectivity index (χ3n) is 4.11. The second-order valence-electron chi connectivity index (χ2n) is 6.38. The van der Waals surface area contributed by atoms with Gasteiger partial charge in [-0.1, -0.05) is 0 Å². The van der Waals surface area contributed by atoms with E-state index in [1.165, 1.54) is 24.3 Å². The molecule has 0 bridgehead atoms. The summed E-state index contributed by atoms with van der Waals surface area (Å²) in [5.41, 5.74) is 2.20. The van der Waals surface area contributed by atoms with E-state index in [4.69, 9.17) is 14.7 Å². The van der Waals surface area contributed by atoms with Crippen LogP contribution < -0.4 is 14.4 Å². The average Bonchev–Trinajstić information content (AvgIpc) is 2.74. The van der Waals surface area contributed by atoms with E-state index in [2.05, 4.69) is 0 Å². The van der Waals surface area contributed by atoms with Crippen LogP contribution in [0, 0.1) is 11.3 Å². The molecule has 0 unspecified atom stereocenters. The molecule has 29 heavy (non-hydrogen) atoms. The number of anilines is 1. The van der Waals surface area contributed by atoms with Crippen LogP contribution in [0.5, 0.6) is 11.5 Å². The normalized spacial score (nSPS) is 9.97. The number of hydrogen-bond acceptors (Lipinski definition) is 6. The number of ether oxygens (including phenoxy) is 2. The summed E-state index contributed by atoms with van der Waals surface area (Å²) in [7, 11) is 3.84. The molecule has 0 fully saturated rings. The number of carbonyl (C=O) groups excluding carboxylic acids is 2. The van der Waals surface area contributed by atoms with E-state index < -0.39 is 11.9 Å². The Hall–Kier alpha value is -4.11. The minimum absolute atomic E-state index is 0.310. The molecule has 0 heterocycles. The number of nitriles is 1. The smallest absolute Gasteiger partial charge is 0.343 e. The van der Waals surface area contributed by atoms with Crippen molar-refractivity contribution in [3.05, 3.63) is 89.5 Å². The molecule has 0 saturated carbocycles. The number of rotatable bonds is 5. The predicted octanol–water partition coefficient (Wildman–Crippen LogP) is 4.06. The highest BCUT2D eigenvalue weighted by molar-refractivity contribution is 5.92. The molecule has 6 nitrogen and oxygen atoms in total. The molecule has 3 aromatic rings. The Morgan fingerprint density at radius 1 is 0.724 bits per heavy atom. The summed E-state index contributed by atoms with van der Waals surface area (Å²) in [6, 6.07) is 21.4. The zero-order chi connectivity index (χ0) is 20.8. The van der Waals surface area contributed by atoms with E-state index in [-0.39, 0.29) is 0 Å². The topological polar surface area (TPSA) is 79.6 Å². The Labute approximate surface area is 168 Å². The standard InChI is InChI=1S/C23H18N2O4/c1-25(2)19-9-5-17(6-10-19)22(26)29-21-13-7-18(8-14-21)23(27)28-20-11-3-16(15-24)4-12-20/h3-14H,1-2H3. The number of esters is 2.